The van der Waals surface area contributed by atoms with Crippen LogP contribution in [0.1, 0.15) is 0 Å². The quantitative estimate of drug-likeness (QED) is 0.874. The van der Waals surface area contributed by atoms with Crippen LogP contribution in [0.4, 0.5) is 0 Å². The van der Waals surface area contributed by atoms with Crippen LogP contribution in [0.5, 0.6) is 23.0 Å². The van der Waals surface area contributed by atoms with Gasteiger partial charge in [0.15, 0.2) is 11.5 Å². The van der Waals surface area contributed by atoms with E-state index in [2.05, 4.69) is 0 Å². The lowest BCUT2D eigenvalue weighted by atomic mass is 10.0. The van der Waals surface area contributed by atoms with Gasteiger partial charge >= 0.3 is 0 Å². The number of rotatable bonds is 3. The van der Waals surface area contributed by atoms with E-state index in [0.29, 0.717) is 11.5 Å². The minimum Gasteiger partial charge on any atom is -0.508 e. The van der Waals surface area contributed by atoms with Crippen LogP contribution in [0.15, 0.2) is 36.4 Å². The SMILES string of the molecule is COc1cc(-c2ccc(O)cc2)cc(OC)c1O. The van der Waals surface area contributed by atoms with Gasteiger partial charge in [0.05, 0.1) is 14.2 Å². The van der Waals surface area contributed by atoms with E-state index in [1.807, 2.05) is 0 Å². The third kappa shape index (κ3) is 2.18. The van der Waals surface area contributed by atoms with Gasteiger partial charge in [-0.05, 0) is 35.4 Å². The van der Waals surface area contributed by atoms with E-state index >= 15 is 0 Å². The largest absolute Gasteiger partial charge is 0.508 e. The molecule has 0 aliphatic carbocycles. The Morgan fingerprint density at radius 3 is 1.72 bits per heavy atom. The maximum absolute atomic E-state index is 9.81. The van der Waals surface area contributed by atoms with Crippen molar-refractivity contribution in [2.24, 2.45) is 0 Å². The highest BCUT2D eigenvalue weighted by atomic mass is 16.5. The molecule has 0 amide bonds. The molecule has 0 saturated heterocycles. The number of hydrogen-bond donors (Lipinski definition) is 2. The maximum atomic E-state index is 9.81. The van der Waals surface area contributed by atoms with Crippen molar-refractivity contribution >= 4 is 0 Å². The summed E-state index contributed by atoms with van der Waals surface area (Å²) >= 11 is 0. The first-order valence-electron chi connectivity index (χ1n) is 5.40. The van der Waals surface area contributed by atoms with E-state index in [-0.39, 0.29) is 11.5 Å². The number of aromatic hydroxyl groups is 2. The molecule has 0 heterocycles. The van der Waals surface area contributed by atoms with Gasteiger partial charge in [0.1, 0.15) is 5.75 Å². The fourth-order valence-electron chi connectivity index (χ4n) is 1.71. The number of phenols is 2. The molecular weight excluding hydrogens is 232 g/mol. The molecule has 4 heteroatoms. The summed E-state index contributed by atoms with van der Waals surface area (Å²) in [6.07, 6.45) is 0. The maximum Gasteiger partial charge on any atom is 0.200 e. The van der Waals surface area contributed by atoms with Gasteiger partial charge in [-0.15, -0.1) is 0 Å². The first-order valence-corrected chi connectivity index (χ1v) is 5.40. The van der Waals surface area contributed by atoms with Crippen LogP contribution in [0.2, 0.25) is 0 Å². The molecule has 0 fully saturated rings. The molecule has 2 aromatic rings. The topological polar surface area (TPSA) is 58.9 Å². The van der Waals surface area contributed by atoms with Gasteiger partial charge in [-0.1, -0.05) is 12.1 Å². The molecule has 4 nitrogen and oxygen atoms in total. The molecule has 0 bridgehead atoms. The molecule has 0 aliphatic heterocycles. The van der Waals surface area contributed by atoms with Crippen LogP contribution in [0, 0.1) is 0 Å². The Morgan fingerprint density at radius 2 is 1.28 bits per heavy atom. The smallest absolute Gasteiger partial charge is 0.200 e. The van der Waals surface area contributed by atoms with Crippen LogP contribution in [-0.4, -0.2) is 24.4 Å². The highest BCUT2D eigenvalue weighted by Gasteiger charge is 2.12. The number of ether oxygens (including phenoxy) is 2. The van der Waals surface area contributed by atoms with E-state index in [1.165, 1.54) is 14.2 Å². The summed E-state index contributed by atoms with van der Waals surface area (Å²) in [4.78, 5) is 0. The molecule has 0 spiro atoms. The molecular formula is C14H14O4. The summed E-state index contributed by atoms with van der Waals surface area (Å²) in [5, 5.41) is 19.1. The summed E-state index contributed by atoms with van der Waals surface area (Å²) < 4.78 is 10.2. The van der Waals surface area contributed by atoms with E-state index in [0.717, 1.165) is 11.1 Å². The first kappa shape index (κ1) is 12.1. The predicted molar refractivity (Wildman–Crippen MR) is 68.3 cm³/mol. The minimum absolute atomic E-state index is 0.0254. The molecule has 2 aromatic carbocycles. The number of methoxy groups -OCH3 is 2. The van der Waals surface area contributed by atoms with Crippen LogP contribution in [0.25, 0.3) is 11.1 Å². The van der Waals surface area contributed by atoms with Gasteiger partial charge in [-0.3, -0.25) is 0 Å². The number of phenolic OH excluding ortho intramolecular Hbond substituents is 2. The standard InChI is InChI=1S/C14H14O4/c1-17-12-7-10(8-13(18-2)14(12)16)9-3-5-11(15)6-4-9/h3-8,15-16H,1-2H3. The highest BCUT2D eigenvalue weighted by molar-refractivity contribution is 5.71. The lowest BCUT2D eigenvalue weighted by molar-refractivity contribution is 0.340. The van der Waals surface area contributed by atoms with Crippen molar-refractivity contribution < 1.29 is 19.7 Å². The minimum atomic E-state index is -0.0254. The molecule has 0 aromatic heterocycles. The van der Waals surface area contributed by atoms with Crippen LogP contribution in [0.3, 0.4) is 0 Å². The Labute approximate surface area is 105 Å². The van der Waals surface area contributed by atoms with E-state index < -0.39 is 0 Å². The molecule has 0 radical (unpaired) electrons. The monoisotopic (exact) mass is 246 g/mol. The Morgan fingerprint density at radius 1 is 0.778 bits per heavy atom. The van der Waals surface area contributed by atoms with Crippen molar-refractivity contribution in [3.63, 3.8) is 0 Å². The summed E-state index contributed by atoms with van der Waals surface area (Å²) in [5.41, 5.74) is 1.73. The fraction of sp³-hybridized carbons (Fsp3) is 0.143. The summed E-state index contributed by atoms with van der Waals surface area (Å²) in [6.45, 7) is 0. The van der Waals surface area contributed by atoms with Gasteiger partial charge < -0.3 is 19.7 Å². The second-order valence-corrected chi connectivity index (χ2v) is 3.78. The van der Waals surface area contributed by atoms with Crippen molar-refractivity contribution in [2.45, 2.75) is 0 Å². The van der Waals surface area contributed by atoms with E-state index in [4.69, 9.17) is 9.47 Å². The Kier molecular flexibility index (Phi) is 3.28. The van der Waals surface area contributed by atoms with E-state index in [1.54, 1.807) is 36.4 Å². The molecule has 94 valence electrons. The van der Waals surface area contributed by atoms with Gasteiger partial charge in [0, 0.05) is 0 Å². The molecule has 0 atom stereocenters. The lowest BCUT2D eigenvalue weighted by Gasteiger charge is -2.11. The fourth-order valence-corrected chi connectivity index (χ4v) is 1.71. The zero-order valence-electron chi connectivity index (χ0n) is 10.2. The second-order valence-electron chi connectivity index (χ2n) is 3.78. The first-order chi connectivity index (χ1) is 8.65. The van der Waals surface area contributed by atoms with Gasteiger partial charge in [-0.25, -0.2) is 0 Å². The predicted octanol–water partition coefficient (Wildman–Crippen LogP) is 2.78. The molecule has 2 rings (SSSR count). The van der Waals surface area contributed by atoms with Crippen LogP contribution < -0.4 is 9.47 Å². The number of benzene rings is 2. The van der Waals surface area contributed by atoms with Crippen molar-refractivity contribution in [2.75, 3.05) is 14.2 Å². The van der Waals surface area contributed by atoms with Crippen molar-refractivity contribution in [3.05, 3.63) is 36.4 Å². The summed E-state index contributed by atoms with van der Waals surface area (Å²) in [6, 6.07) is 10.2. The zero-order chi connectivity index (χ0) is 13.1. The van der Waals surface area contributed by atoms with Crippen LogP contribution in [-0.2, 0) is 0 Å². The normalized spacial score (nSPS) is 10.1. The van der Waals surface area contributed by atoms with Crippen LogP contribution >= 0.6 is 0 Å². The Bertz CT molecular complexity index is 521. The van der Waals surface area contributed by atoms with Crippen molar-refractivity contribution in [3.8, 4) is 34.1 Å². The highest BCUT2D eigenvalue weighted by Crippen LogP contribution is 2.40. The number of hydrogen-bond acceptors (Lipinski definition) is 4. The average Bonchev–Trinajstić information content (AvgIpc) is 2.40. The summed E-state index contributed by atoms with van der Waals surface area (Å²) in [5.74, 6) is 0.869. The molecule has 0 saturated carbocycles. The molecule has 0 aliphatic rings. The Hall–Kier alpha value is -2.36. The third-order valence-corrected chi connectivity index (χ3v) is 2.68. The lowest BCUT2D eigenvalue weighted by Crippen LogP contribution is -1.90. The van der Waals surface area contributed by atoms with E-state index in [9.17, 15) is 10.2 Å². The van der Waals surface area contributed by atoms with Gasteiger partial charge in [-0.2, -0.15) is 0 Å². The molecule has 0 unspecified atom stereocenters. The van der Waals surface area contributed by atoms with Gasteiger partial charge in [0.25, 0.3) is 0 Å². The van der Waals surface area contributed by atoms with Gasteiger partial charge in [0.2, 0.25) is 5.75 Å². The van der Waals surface area contributed by atoms with Crippen molar-refractivity contribution in [1.29, 1.82) is 0 Å². The Balaban J connectivity index is 2.54. The molecule has 2 N–H and O–H groups in total. The third-order valence-electron chi connectivity index (χ3n) is 2.68. The van der Waals surface area contributed by atoms with Crippen molar-refractivity contribution in [1.82, 2.24) is 0 Å². The zero-order valence-corrected chi connectivity index (χ0v) is 10.2. The molecule has 18 heavy (non-hydrogen) atoms. The average molecular weight is 246 g/mol. The summed E-state index contributed by atoms with van der Waals surface area (Å²) in [7, 11) is 2.96. The second kappa shape index (κ2) is 4.87.